The van der Waals surface area contributed by atoms with Crippen molar-refractivity contribution in [3.8, 4) is 0 Å². The second kappa shape index (κ2) is 8.82. The lowest BCUT2D eigenvalue weighted by molar-refractivity contribution is 0.0785. The Morgan fingerprint density at radius 3 is 2.59 bits per heavy atom. The number of benzene rings is 2. The van der Waals surface area contributed by atoms with Gasteiger partial charge in [-0.25, -0.2) is 4.79 Å². The van der Waals surface area contributed by atoms with Gasteiger partial charge in [-0.15, -0.1) is 0 Å². The van der Waals surface area contributed by atoms with Crippen LogP contribution in [-0.4, -0.2) is 29.9 Å². The first kappa shape index (κ1) is 20.5. The van der Waals surface area contributed by atoms with Crippen molar-refractivity contribution < 1.29 is 14.0 Å². The molecule has 0 aliphatic carbocycles. The molecule has 29 heavy (non-hydrogen) atoms. The van der Waals surface area contributed by atoms with Crippen LogP contribution in [0.1, 0.15) is 42.5 Å². The molecule has 3 rings (SSSR count). The second-order valence-electron chi connectivity index (χ2n) is 7.35. The zero-order valence-corrected chi connectivity index (χ0v) is 17.3. The van der Waals surface area contributed by atoms with Crippen molar-refractivity contribution in [1.29, 1.82) is 0 Å². The number of anilines is 1. The monoisotopic (exact) mass is 393 g/mol. The number of nitrogens with one attached hydrogen (secondary N) is 2. The van der Waals surface area contributed by atoms with E-state index in [4.69, 9.17) is 4.42 Å². The number of carbonyl (C=O) groups excluding carboxylic acids is 2. The molecule has 6 nitrogen and oxygen atoms in total. The van der Waals surface area contributed by atoms with Gasteiger partial charge < -0.3 is 20.0 Å². The van der Waals surface area contributed by atoms with Crippen molar-refractivity contribution in [2.45, 2.75) is 39.8 Å². The van der Waals surface area contributed by atoms with Gasteiger partial charge in [-0.3, -0.25) is 4.79 Å². The number of amides is 3. The van der Waals surface area contributed by atoms with Crippen molar-refractivity contribution in [2.75, 3.05) is 12.4 Å². The minimum Gasteiger partial charge on any atom is -0.461 e. The Morgan fingerprint density at radius 1 is 1.10 bits per heavy atom. The fraction of sp³-hybridized carbons (Fsp3) is 0.304. The van der Waals surface area contributed by atoms with Gasteiger partial charge >= 0.3 is 6.03 Å². The molecule has 0 aliphatic heterocycles. The zero-order chi connectivity index (χ0) is 21.0. The first-order chi connectivity index (χ1) is 13.9. The van der Waals surface area contributed by atoms with Crippen LogP contribution in [0.3, 0.4) is 0 Å². The van der Waals surface area contributed by atoms with E-state index in [0.29, 0.717) is 17.8 Å². The fourth-order valence-electron chi connectivity index (χ4n) is 3.30. The van der Waals surface area contributed by atoms with Gasteiger partial charge in [0.2, 0.25) is 0 Å². The second-order valence-corrected chi connectivity index (χ2v) is 7.35. The van der Waals surface area contributed by atoms with Crippen LogP contribution in [-0.2, 0) is 13.0 Å². The van der Waals surface area contributed by atoms with Crippen LogP contribution in [0.4, 0.5) is 10.5 Å². The average Bonchev–Trinajstić information content (AvgIpc) is 3.04. The number of fused-ring (bicyclic) bond motifs is 1. The van der Waals surface area contributed by atoms with E-state index in [0.717, 1.165) is 28.7 Å². The molecule has 0 saturated heterocycles. The lowest BCUT2D eigenvalue weighted by atomic mass is 10.1. The van der Waals surface area contributed by atoms with Crippen molar-refractivity contribution in [3.05, 3.63) is 65.4 Å². The molecule has 2 N–H and O–H groups in total. The maximum Gasteiger partial charge on any atom is 0.319 e. The summed E-state index contributed by atoms with van der Waals surface area (Å²) in [6.45, 7) is 6.27. The third-order valence-corrected chi connectivity index (χ3v) is 4.63. The van der Waals surface area contributed by atoms with Crippen LogP contribution in [0.25, 0.3) is 11.0 Å². The summed E-state index contributed by atoms with van der Waals surface area (Å²) in [5.41, 5.74) is 2.96. The molecular weight excluding hydrogens is 366 g/mol. The molecule has 3 amide bonds. The number of rotatable bonds is 6. The van der Waals surface area contributed by atoms with E-state index in [1.54, 1.807) is 36.2 Å². The standard InChI is InChI=1S/C23H27N3O3/c1-5-20-19(18-11-6-7-12-21(18)29-20)14-26(4)22(27)16-9-8-10-17(13-16)25-23(28)24-15(2)3/h6-13,15H,5,14H2,1-4H3,(H2,24,25,28). The van der Waals surface area contributed by atoms with Gasteiger partial charge in [0.25, 0.3) is 5.91 Å². The summed E-state index contributed by atoms with van der Waals surface area (Å²) in [4.78, 5) is 26.6. The Balaban J connectivity index is 1.77. The molecular formula is C23H27N3O3. The summed E-state index contributed by atoms with van der Waals surface area (Å²) in [7, 11) is 1.77. The van der Waals surface area contributed by atoms with Crippen LogP contribution in [0.2, 0.25) is 0 Å². The van der Waals surface area contributed by atoms with Crippen LogP contribution in [0.5, 0.6) is 0 Å². The molecule has 0 bridgehead atoms. The van der Waals surface area contributed by atoms with Gasteiger partial charge in [0, 0.05) is 48.3 Å². The molecule has 0 saturated carbocycles. The maximum absolute atomic E-state index is 13.0. The van der Waals surface area contributed by atoms with Crippen LogP contribution in [0.15, 0.2) is 52.9 Å². The lowest BCUT2D eigenvalue weighted by Gasteiger charge is -2.18. The van der Waals surface area contributed by atoms with Crippen LogP contribution in [0, 0.1) is 0 Å². The largest absolute Gasteiger partial charge is 0.461 e. The van der Waals surface area contributed by atoms with E-state index in [2.05, 4.69) is 10.6 Å². The predicted octanol–water partition coefficient (Wildman–Crippen LogP) is 4.80. The Hall–Kier alpha value is -3.28. The number of hydrogen-bond donors (Lipinski definition) is 2. The number of para-hydroxylation sites is 1. The Bertz CT molecular complexity index is 1020. The molecule has 0 atom stereocenters. The van der Waals surface area contributed by atoms with Crippen LogP contribution < -0.4 is 10.6 Å². The summed E-state index contributed by atoms with van der Waals surface area (Å²) in [6, 6.07) is 14.6. The van der Waals surface area contributed by atoms with E-state index < -0.39 is 0 Å². The van der Waals surface area contributed by atoms with Crippen molar-refractivity contribution in [1.82, 2.24) is 10.2 Å². The van der Waals surface area contributed by atoms with E-state index in [1.165, 1.54) is 0 Å². The highest BCUT2D eigenvalue weighted by atomic mass is 16.3. The molecule has 0 spiro atoms. The van der Waals surface area contributed by atoms with Gasteiger partial charge in [-0.2, -0.15) is 0 Å². The molecule has 6 heteroatoms. The number of carbonyl (C=O) groups is 2. The zero-order valence-electron chi connectivity index (χ0n) is 17.3. The molecule has 0 radical (unpaired) electrons. The van der Waals surface area contributed by atoms with Crippen molar-refractivity contribution >= 4 is 28.6 Å². The molecule has 1 heterocycles. The fourth-order valence-corrected chi connectivity index (χ4v) is 3.30. The third-order valence-electron chi connectivity index (χ3n) is 4.63. The first-order valence-corrected chi connectivity index (χ1v) is 9.81. The van der Waals surface area contributed by atoms with Gasteiger partial charge in [0.05, 0.1) is 0 Å². The molecule has 0 unspecified atom stereocenters. The topological polar surface area (TPSA) is 74.6 Å². The van der Waals surface area contributed by atoms with E-state index in [1.807, 2.05) is 45.0 Å². The number of nitrogens with zero attached hydrogens (tertiary/aromatic N) is 1. The van der Waals surface area contributed by atoms with Gasteiger partial charge in [0.1, 0.15) is 11.3 Å². The molecule has 3 aromatic rings. The highest BCUT2D eigenvalue weighted by molar-refractivity contribution is 5.97. The number of urea groups is 1. The highest BCUT2D eigenvalue weighted by Gasteiger charge is 2.18. The van der Waals surface area contributed by atoms with E-state index >= 15 is 0 Å². The molecule has 0 aliphatic rings. The van der Waals surface area contributed by atoms with Gasteiger partial charge in [-0.1, -0.05) is 31.2 Å². The van der Waals surface area contributed by atoms with E-state index in [-0.39, 0.29) is 18.0 Å². The number of aryl methyl sites for hydroxylation is 1. The summed E-state index contributed by atoms with van der Waals surface area (Å²) in [5, 5.41) is 6.56. The van der Waals surface area contributed by atoms with Crippen molar-refractivity contribution in [3.63, 3.8) is 0 Å². The summed E-state index contributed by atoms with van der Waals surface area (Å²) < 4.78 is 5.94. The third kappa shape index (κ3) is 4.77. The summed E-state index contributed by atoms with van der Waals surface area (Å²) in [5.74, 6) is 0.775. The SMILES string of the molecule is CCc1oc2ccccc2c1CN(C)C(=O)c1cccc(NC(=O)NC(C)C)c1. The number of hydrogen-bond acceptors (Lipinski definition) is 3. The normalized spacial score (nSPS) is 10.9. The highest BCUT2D eigenvalue weighted by Crippen LogP contribution is 2.27. The average molecular weight is 393 g/mol. The summed E-state index contributed by atoms with van der Waals surface area (Å²) in [6.07, 6.45) is 0.760. The molecule has 152 valence electrons. The van der Waals surface area contributed by atoms with Gasteiger partial charge in [0.15, 0.2) is 0 Å². The minimum atomic E-state index is -0.296. The predicted molar refractivity (Wildman–Crippen MR) is 115 cm³/mol. The Labute approximate surface area is 170 Å². The quantitative estimate of drug-likeness (QED) is 0.632. The Morgan fingerprint density at radius 2 is 1.86 bits per heavy atom. The maximum atomic E-state index is 13.0. The molecule has 0 fully saturated rings. The van der Waals surface area contributed by atoms with Crippen molar-refractivity contribution in [2.24, 2.45) is 0 Å². The van der Waals surface area contributed by atoms with Crippen LogP contribution >= 0.6 is 0 Å². The lowest BCUT2D eigenvalue weighted by Crippen LogP contribution is -2.34. The Kier molecular flexibility index (Phi) is 6.22. The molecule has 2 aromatic carbocycles. The number of furan rings is 1. The van der Waals surface area contributed by atoms with Gasteiger partial charge in [-0.05, 0) is 38.1 Å². The molecule has 1 aromatic heterocycles. The summed E-state index contributed by atoms with van der Waals surface area (Å²) >= 11 is 0. The first-order valence-electron chi connectivity index (χ1n) is 9.81. The minimum absolute atomic E-state index is 0.0310. The smallest absolute Gasteiger partial charge is 0.319 e. The van der Waals surface area contributed by atoms with E-state index in [9.17, 15) is 9.59 Å².